The Bertz CT molecular complexity index is 847. The molecular formula is C21H28N6O2. The molecule has 8 heteroatoms. The van der Waals surface area contributed by atoms with Crippen LogP contribution < -0.4 is 9.64 Å². The van der Waals surface area contributed by atoms with Crippen molar-refractivity contribution >= 4 is 11.7 Å². The summed E-state index contributed by atoms with van der Waals surface area (Å²) in [5.74, 6) is 1.73. The number of hydrogen-bond donors (Lipinski definition) is 0. The van der Waals surface area contributed by atoms with E-state index in [2.05, 4.69) is 26.5 Å². The Hall–Kier alpha value is -2.77. The molecule has 4 rings (SSSR count). The van der Waals surface area contributed by atoms with E-state index in [9.17, 15) is 4.79 Å². The Morgan fingerprint density at radius 1 is 1.10 bits per heavy atom. The lowest BCUT2D eigenvalue weighted by Gasteiger charge is -2.31. The van der Waals surface area contributed by atoms with E-state index in [1.165, 1.54) is 18.4 Å². The summed E-state index contributed by atoms with van der Waals surface area (Å²) in [6, 6.07) is 5.62. The Morgan fingerprint density at radius 2 is 1.90 bits per heavy atom. The molecular weight excluding hydrogens is 368 g/mol. The third-order valence-corrected chi connectivity index (χ3v) is 5.74. The molecule has 0 unspecified atom stereocenters. The zero-order valence-electron chi connectivity index (χ0n) is 17.2. The Kier molecular flexibility index (Phi) is 5.87. The van der Waals surface area contributed by atoms with E-state index < -0.39 is 0 Å². The Labute approximate surface area is 171 Å². The van der Waals surface area contributed by atoms with E-state index in [1.54, 1.807) is 6.07 Å². The largest absolute Gasteiger partial charge is 0.476 e. The number of amides is 1. The molecule has 8 nitrogen and oxygen atoms in total. The minimum absolute atomic E-state index is 0.0530. The molecule has 3 heterocycles. The standard InChI is InChI=1S/C21H28N6O2/c1-26(2)19-8-7-18(23-24-19)21(28)27-11-9-15(10-12-27)14-29-20-13-16-5-3-4-6-17(16)22-25-20/h7-8,13,15H,3-6,9-12,14H2,1-2H3. The summed E-state index contributed by atoms with van der Waals surface area (Å²) in [6.07, 6.45) is 6.33. The number of carbonyl (C=O) groups is 1. The molecule has 2 aromatic heterocycles. The fourth-order valence-corrected chi connectivity index (χ4v) is 3.89. The van der Waals surface area contributed by atoms with Gasteiger partial charge in [-0.1, -0.05) is 0 Å². The van der Waals surface area contributed by atoms with Crippen LogP contribution in [0, 0.1) is 5.92 Å². The van der Waals surface area contributed by atoms with Gasteiger partial charge in [-0.2, -0.15) is 5.10 Å². The number of carbonyl (C=O) groups excluding carboxylic acids is 1. The Balaban J connectivity index is 1.26. The average Bonchev–Trinajstić information content (AvgIpc) is 2.77. The SMILES string of the molecule is CN(C)c1ccc(C(=O)N2CCC(COc3cc4c(nn3)CCCC4)CC2)nn1. The maximum absolute atomic E-state index is 12.7. The van der Waals surface area contributed by atoms with Crippen LogP contribution in [0.3, 0.4) is 0 Å². The van der Waals surface area contributed by atoms with E-state index in [0.717, 1.165) is 37.2 Å². The van der Waals surface area contributed by atoms with Crippen LogP contribution in [0.2, 0.25) is 0 Å². The summed E-state index contributed by atoms with van der Waals surface area (Å²) in [4.78, 5) is 16.4. The number of ether oxygens (including phenoxy) is 1. The maximum Gasteiger partial charge on any atom is 0.274 e. The average molecular weight is 396 g/mol. The van der Waals surface area contributed by atoms with E-state index >= 15 is 0 Å². The monoisotopic (exact) mass is 396 g/mol. The molecule has 0 saturated carbocycles. The number of nitrogens with zero attached hydrogens (tertiary/aromatic N) is 6. The van der Waals surface area contributed by atoms with Gasteiger partial charge in [-0.15, -0.1) is 15.3 Å². The second kappa shape index (κ2) is 8.71. The summed E-state index contributed by atoms with van der Waals surface area (Å²) >= 11 is 0. The van der Waals surface area contributed by atoms with E-state index in [-0.39, 0.29) is 5.91 Å². The van der Waals surface area contributed by atoms with Crippen molar-refractivity contribution in [3.63, 3.8) is 0 Å². The van der Waals surface area contributed by atoms with Crippen molar-refractivity contribution in [1.82, 2.24) is 25.3 Å². The molecule has 2 aromatic rings. The zero-order chi connectivity index (χ0) is 20.2. The van der Waals surface area contributed by atoms with Gasteiger partial charge in [0.2, 0.25) is 5.88 Å². The number of rotatable bonds is 5. The highest BCUT2D eigenvalue weighted by Gasteiger charge is 2.25. The van der Waals surface area contributed by atoms with Crippen molar-refractivity contribution in [2.45, 2.75) is 38.5 Å². The van der Waals surface area contributed by atoms with Gasteiger partial charge in [0.05, 0.1) is 12.3 Å². The fourth-order valence-electron chi connectivity index (χ4n) is 3.89. The molecule has 1 aliphatic carbocycles. The number of aryl methyl sites for hydroxylation is 2. The molecule has 1 saturated heterocycles. The molecule has 1 aliphatic heterocycles. The van der Waals surface area contributed by atoms with Crippen molar-refractivity contribution in [3.8, 4) is 5.88 Å². The number of fused-ring (bicyclic) bond motifs is 1. The molecule has 29 heavy (non-hydrogen) atoms. The van der Waals surface area contributed by atoms with Gasteiger partial charge in [0.25, 0.3) is 5.91 Å². The molecule has 0 radical (unpaired) electrons. The normalized spacial score (nSPS) is 17.0. The third kappa shape index (κ3) is 4.63. The number of piperidine rings is 1. The first kappa shape index (κ1) is 19.5. The molecule has 0 atom stereocenters. The van der Waals surface area contributed by atoms with Crippen LogP contribution in [0.1, 0.15) is 47.4 Å². The smallest absolute Gasteiger partial charge is 0.274 e. The predicted molar refractivity (Wildman–Crippen MR) is 109 cm³/mol. The molecule has 0 N–H and O–H groups in total. The molecule has 2 aliphatic rings. The van der Waals surface area contributed by atoms with Crippen molar-refractivity contribution in [3.05, 3.63) is 35.2 Å². The van der Waals surface area contributed by atoms with Crippen molar-refractivity contribution in [2.75, 3.05) is 38.7 Å². The molecule has 0 bridgehead atoms. The molecule has 154 valence electrons. The highest BCUT2D eigenvalue weighted by Crippen LogP contribution is 2.23. The van der Waals surface area contributed by atoms with Gasteiger partial charge in [-0.3, -0.25) is 4.79 Å². The van der Waals surface area contributed by atoms with E-state index in [1.807, 2.05) is 30.0 Å². The second-order valence-electron chi connectivity index (χ2n) is 8.08. The minimum atomic E-state index is -0.0530. The van der Waals surface area contributed by atoms with Gasteiger partial charge in [-0.05, 0) is 62.1 Å². The number of hydrogen-bond acceptors (Lipinski definition) is 7. The van der Waals surface area contributed by atoms with Gasteiger partial charge >= 0.3 is 0 Å². The summed E-state index contributed by atoms with van der Waals surface area (Å²) in [6.45, 7) is 2.03. The van der Waals surface area contributed by atoms with E-state index in [4.69, 9.17) is 4.74 Å². The predicted octanol–water partition coefficient (Wildman–Crippen LogP) is 2.14. The summed E-state index contributed by atoms with van der Waals surface area (Å²) in [7, 11) is 3.79. The van der Waals surface area contributed by atoms with Gasteiger partial charge in [0.1, 0.15) is 0 Å². The summed E-state index contributed by atoms with van der Waals surface area (Å²) in [5, 5.41) is 16.7. The van der Waals surface area contributed by atoms with Gasteiger partial charge in [0, 0.05) is 33.3 Å². The minimum Gasteiger partial charge on any atom is -0.476 e. The first-order valence-corrected chi connectivity index (χ1v) is 10.4. The van der Waals surface area contributed by atoms with E-state index in [0.29, 0.717) is 37.2 Å². The van der Waals surface area contributed by atoms with Gasteiger partial charge in [0.15, 0.2) is 11.5 Å². The third-order valence-electron chi connectivity index (χ3n) is 5.74. The lowest BCUT2D eigenvalue weighted by atomic mass is 9.97. The molecule has 0 aromatic carbocycles. The molecule has 0 spiro atoms. The number of likely N-dealkylation sites (tertiary alicyclic amines) is 1. The lowest BCUT2D eigenvalue weighted by molar-refractivity contribution is 0.0652. The van der Waals surface area contributed by atoms with Crippen LogP contribution in [0.15, 0.2) is 18.2 Å². The summed E-state index contributed by atoms with van der Waals surface area (Å²) in [5.41, 5.74) is 2.80. The zero-order valence-corrected chi connectivity index (χ0v) is 17.2. The summed E-state index contributed by atoms with van der Waals surface area (Å²) < 4.78 is 5.92. The lowest BCUT2D eigenvalue weighted by Crippen LogP contribution is -2.40. The topological polar surface area (TPSA) is 84.3 Å². The molecule has 1 amide bonds. The first-order chi connectivity index (χ1) is 14.1. The van der Waals surface area contributed by atoms with Crippen LogP contribution in [-0.4, -0.2) is 65.0 Å². The number of anilines is 1. The van der Waals surface area contributed by atoms with Crippen molar-refractivity contribution in [2.24, 2.45) is 5.92 Å². The van der Waals surface area contributed by atoms with Crippen LogP contribution in [0.4, 0.5) is 5.82 Å². The highest BCUT2D eigenvalue weighted by molar-refractivity contribution is 5.92. The fraction of sp³-hybridized carbons (Fsp3) is 0.571. The number of aromatic nitrogens is 4. The Morgan fingerprint density at radius 3 is 2.62 bits per heavy atom. The molecule has 1 fully saturated rings. The van der Waals surface area contributed by atoms with Crippen LogP contribution in [0.25, 0.3) is 0 Å². The van der Waals surface area contributed by atoms with Crippen LogP contribution >= 0.6 is 0 Å². The van der Waals surface area contributed by atoms with Crippen molar-refractivity contribution in [1.29, 1.82) is 0 Å². The van der Waals surface area contributed by atoms with Crippen LogP contribution in [-0.2, 0) is 12.8 Å². The van der Waals surface area contributed by atoms with Crippen molar-refractivity contribution < 1.29 is 9.53 Å². The van der Waals surface area contributed by atoms with Gasteiger partial charge in [-0.25, -0.2) is 0 Å². The quantitative estimate of drug-likeness (QED) is 0.765. The van der Waals surface area contributed by atoms with Gasteiger partial charge < -0.3 is 14.5 Å². The van der Waals surface area contributed by atoms with Crippen LogP contribution in [0.5, 0.6) is 5.88 Å². The second-order valence-corrected chi connectivity index (χ2v) is 8.08. The highest BCUT2D eigenvalue weighted by atomic mass is 16.5. The first-order valence-electron chi connectivity index (χ1n) is 10.4. The maximum atomic E-state index is 12.7.